The molecule has 3 aromatic carbocycles. The first kappa shape index (κ1) is 29.4. The normalized spacial score (nSPS) is 15.5. The van der Waals surface area contributed by atoms with Gasteiger partial charge in [0, 0.05) is 30.8 Å². The maximum absolute atomic E-state index is 13.3. The Morgan fingerprint density at radius 2 is 1.32 bits per heavy atom. The number of benzene rings is 3. The van der Waals surface area contributed by atoms with Crippen LogP contribution in [-0.4, -0.2) is 22.0 Å². The van der Waals surface area contributed by atoms with Crippen molar-refractivity contribution in [2.75, 3.05) is 11.4 Å². The molecular formula is C37H49N3O. The number of aryl methyl sites for hydroxylation is 1. The molecule has 1 aliphatic heterocycles. The van der Waals surface area contributed by atoms with Crippen LogP contribution in [0.25, 0.3) is 21.8 Å². The van der Waals surface area contributed by atoms with Gasteiger partial charge in [0.05, 0.1) is 16.7 Å². The Hall–Kier alpha value is -3.14. The van der Waals surface area contributed by atoms with Gasteiger partial charge in [0.15, 0.2) is 0 Å². The number of para-hydroxylation sites is 2. The second kappa shape index (κ2) is 15.2. The van der Waals surface area contributed by atoms with Crippen LogP contribution in [0.2, 0.25) is 0 Å². The predicted octanol–water partition coefficient (Wildman–Crippen LogP) is 10.2. The third-order valence-electron chi connectivity index (χ3n) is 8.97. The molecule has 4 heteroatoms. The van der Waals surface area contributed by atoms with Crippen molar-refractivity contribution in [3.8, 4) is 0 Å². The van der Waals surface area contributed by atoms with Crippen LogP contribution in [-0.2, 0) is 11.3 Å². The minimum absolute atomic E-state index is 0.112. The Bertz CT molecular complexity index is 1380. The first-order chi connectivity index (χ1) is 20.3. The van der Waals surface area contributed by atoms with Gasteiger partial charge in [0.1, 0.15) is 5.82 Å². The van der Waals surface area contributed by atoms with E-state index >= 15 is 0 Å². The van der Waals surface area contributed by atoms with Gasteiger partial charge in [-0.25, -0.2) is 4.98 Å². The van der Waals surface area contributed by atoms with E-state index in [0.29, 0.717) is 13.0 Å². The van der Waals surface area contributed by atoms with Crippen molar-refractivity contribution in [1.29, 1.82) is 0 Å². The number of imidazole rings is 1. The zero-order valence-electron chi connectivity index (χ0n) is 25.2. The summed E-state index contributed by atoms with van der Waals surface area (Å²) >= 11 is 0. The molecule has 2 heterocycles. The fourth-order valence-electron chi connectivity index (χ4n) is 6.66. The van der Waals surface area contributed by atoms with Crippen LogP contribution in [0.5, 0.6) is 0 Å². The summed E-state index contributed by atoms with van der Waals surface area (Å²) in [5.41, 5.74) is 3.27. The Morgan fingerprint density at radius 3 is 2.05 bits per heavy atom. The molecule has 1 fully saturated rings. The van der Waals surface area contributed by atoms with Gasteiger partial charge in [-0.15, -0.1) is 0 Å². The van der Waals surface area contributed by atoms with Crippen LogP contribution in [0.3, 0.4) is 0 Å². The zero-order chi connectivity index (χ0) is 28.3. The number of carbonyl (C=O) groups is 1. The Labute approximate surface area is 247 Å². The minimum Gasteiger partial charge on any atom is -0.328 e. The highest BCUT2D eigenvalue weighted by Crippen LogP contribution is 2.36. The Morgan fingerprint density at radius 1 is 0.707 bits per heavy atom. The largest absolute Gasteiger partial charge is 0.328 e. The summed E-state index contributed by atoms with van der Waals surface area (Å²) in [6.07, 6.45) is 19.7. The molecule has 0 radical (unpaired) electrons. The molecular weight excluding hydrogens is 502 g/mol. The summed E-state index contributed by atoms with van der Waals surface area (Å²) in [5.74, 6) is 1.39. The number of hydrogen-bond donors (Lipinski definition) is 0. The van der Waals surface area contributed by atoms with E-state index in [2.05, 4.69) is 78.2 Å². The summed E-state index contributed by atoms with van der Waals surface area (Å²) in [4.78, 5) is 20.4. The van der Waals surface area contributed by atoms with E-state index in [-0.39, 0.29) is 11.8 Å². The van der Waals surface area contributed by atoms with Crippen LogP contribution in [0.15, 0.2) is 66.7 Å². The van der Waals surface area contributed by atoms with E-state index < -0.39 is 0 Å². The monoisotopic (exact) mass is 551 g/mol. The quantitative estimate of drug-likeness (QED) is 0.122. The molecule has 1 amide bonds. The molecule has 4 nitrogen and oxygen atoms in total. The number of amides is 1. The summed E-state index contributed by atoms with van der Waals surface area (Å²) in [6, 6.07) is 23.1. The SMILES string of the molecule is CCCCCCCCCCCCCCCCn1c(C2CC(=O)N(c3cccc4ccccc34)C2)nc2ccccc21. The lowest BCUT2D eigenvalue weighted by molar-refractivity contribution is -0.117. The molecule has 1 aliphatic rings. The average Bonchev–Trinajstić information content (AvgIpc) is 3.57. The number of anilines is 1. The smallest absolute Gasteiger partial charge is 0.227 e. The summed E-state index contributed by atoms with van der Waals surface area (Å²) < 4.78 is 2.42. The summed E-state index contributed by atoms with van der Waals surface area (Å²) in [5, 5.41) is 2.31. The van der Waals surface area contributed by atoms with Crippen molar-refractivity contribution in [3.63, 3.8) is 0 Å². The molecule has 1 aromatic heterocycles. The second-order valence-corrected chi connectivity index (χ2v) is 12.1. The van der Waals surface area contributed by atoms with Gasteiger partial charge in [0.2, 0.25) is 5.91 Å². The first-order valence-electron chi connectivity index (χ1n) is 16.5. The van der Waals surface area contributed by atoms with Crippen LogP contribution in [0.1, 0.15) is 115 Å². The fraction of sp³-hybridized carbons (Fsp3) is 0.514. The second-order valence-electron chi connectivity index (χ2n) is 12.1. The molecule has 1 saturated heterocycles. The topological polar surface area (TPSA) is 38.1 Å². The Kier molecular flexibility index (Phi) is 10.9. The van der Waals surface area contributed by atoms with Crippen LogP contribution >= 0.6 is 0 Å². The molecule has 4 aromatic rings. The molecule has 0 saturated carbocycles. The molecule has 0 N–H and O–H groups in total. The van der Waals surface area contributed by atoms with Gasteiger partial charge in [-0.1, -0.05) is 139 Å². The number of hydrogen-bond acceptors (Lipinski definition) is 2. The number of unbranched alkanes of at least 4 members (excludes halogenated alkanes) is 13. The minimum atomic E-state index is 0.112. The molecule has 0 bridgehead atoms. The van der Waals surface area contributed by atoms with Gasteiger partial charge in [-0.2, -0.15) is 0 Å². The van der Waals surface area contributed by atoms with Crippen LogP contribution in [0.4, 0.5) is 5.69 Å². The van der Waals surface area contributed by atoms with Gasteiger partial charge in [-0.05, 0) is 30.0 Å². The number of rotatable bonds is 17. The average molecular weight is 552 g/mol. The van der Waals surface area contributed by atoms with Gasteiger partial charge < -0.3 is 9.47 Å². The number of aromatic nitrogens is 2. The standard InChI is InChI=1S/C37H49N3O/c1-2-3-4-5-6-7-8-9-10-11-12-13-14-19-27-39-35-25-18-17-24-33(35)38-37(39)31-28-36(41)40(29-31)34-26-20-22-30-21-15-16-23-32(30)34/h15-18,20-26,31H,2-14,19,27-29H2,1H3. The van der Waals surface area contributed by atoms with Crippen molar-refractivity contribution in [2.45, 2.75) is 116 Å². The van der Waals surface area contributed by atoms with Crippen LogP contribution in [0, 0.1) is 0 Å². The zero-order valence-corrected chi connectivity index (χ0v) is 25.2. The summed E-state index contributed by atoms with van der Waals surface area (Å²) in [6.45, 7) is 3.96. The van der Waals surface area contributed by atoms with E-state index in [4.69, 9.17) is 4.98 Å². The van der Waals surface area contributed by atoms with E-state index in [1.807, 2.05) is 4.90 Å². The number of carbonyl (C=O) groups excluding carboxylic acids is 1. The highest BCUT2D eigenvalue weighted by molar-refractivity contribution is 6.05. The highest BCUT2D eigenvalue weighted by atomic mass is 16.2. The molecule has 41 heavy (non-hydrogen) atoms. The molecule has 5 rings (SSSR count). The van der Waals surface area contributed by atoms with Crippen LogP contribution < -0.4 is 4.90 Å². The first-order valence-corrected chi connectivity index (χ1v) is 16.5. The van der Waals surface area contributed by atoms with Crippen molar-refractivity contribution < 1.29 is 4.79 Å². The molecule has 0 aliphatic carbocycles. The van der Waals surface area contributed by atoms with Gasteiger partial charge in [-0.3, -0.25) is 4.79 Å². The van der Waals surface area contributed by atoms with Gasteiger partial charge in [0.25, 0.3) is 0 Å². The predicted molar refractivity (Wildman–Crippen MR) is 174 cm³/mol. The van der Waals surface area contributed by atoms with Crippen molar-refractivity contribution >= 4 is 33.4 Å². The van der Waals surface area contributed by atoms with Crippen molar-refractivity contribution in [2.24, 2.45) is 0 Å². The van der Waals surface area contributed by atoms with E-state index in [9.17, 15) is 4.79 Å². The number of nitrogens with zero attached hydrogens (tertiary/aromatic N) is 3. The maximum Gasteiger partial charge on any atom is 0.227 e. The number of fused-ring (bicyclic) bond motifs is 2. The molecule has 1 unspecified atom stereocenters. The van der Waals surface area contributed by atoms with E-state index in [1.54, 1.807) is 0 Å². The summed E-state index contributed by atoms with van der Waals surface area (Å²) in [7, 11) is 0. The fourth-order valence-corrected chi connectivity index (χ4v) is 6.66. The lowest BCUT2D eigenvalue weighted by atomic mass is 10.0. The lowest BCUT2D eigenvalue weighted by Crippen LogP contribution is -2.24. The maximum atomic E-state index is 13.3. The third-order valence-corrected chi connectivity index (χ3v) is 8.97. The molecule has 1 atom stereocenters. The van der Waals surface area contributed by atoms with E-state index in [1.165, 1.54) is 101 Å². The third kappa shape index (κ3) is 7.58. The Balaban J connectivity index is 1.12. The van der Waals surface area contributed by atoms with Crippen molar-refractivity contribution in [1.82, 2.24) is 9.55 Å². The highest BCUT2D eigenvalue weighted by Gasteiger charge is 2.35. The van der Waals surface area contributed by atoms with Crippen molar-refractivity contribution in [3.05, 3.63) is 72.6 Å². The molecule has 218 valence electrons. The van der Waals surface area contributed by atoms with E-state index in [0.717, 1.165) is 29.0 Å². The molecule has 0 spiro atoms. The lowest BCUT2D eigenvalue weighted by Gasteiger charge is -2.19. The van der Waals surface area contributed by atoms with Gasteiger partial charge >= 0.3 is 0 Å².